The van der Waals surface area contributed by atoms with Gasteiger partial charge in [0.1, 0.15) is 0 Å². The van der Waals surface area contributed by atoms with E-state index in [2.05, 4.69) is 11.4 Å². The van der Waals surface area contributed by atoms with Gasteiger partial charge in [0, 0.05) is 18.3 Å². The Labute approximate surface area is 107 Å². The van der Waals surface area contributed by atoms with E-state index in [1.807, 2.05) is 43.3 Å². The van der Waals surface area contributed by atoms with Gasteiger partial charge in [-0.2, -0.15) is 0 Å². The number of anilines is 2. The number of rotatable bonds is 2. The second-order valence-corrected chi connectivity index (χ2v) is 4.33. The Morgan fingerprint density at radius 2 is 1.67 bits per heavy atom. The highest BCUT2D eigenvalue weighted by molar-refractivity contribution is 5.89. The molecular weight excluding hydrogens is 224 g/mol. The summed E-state index contributed by atoms with van der Waals surface area (Å²) < 4.78 is 0. The van der Waals surface area contributed by atoms with Gasteiger partial charge in [-0.05, 0) is 47.9 Å². The monoisotopic (exact) mass is 240 g/mol. The van der Waals surface area contributed by atoms with Gasteiger partial charge < -0.3 is 11.1 Å². The molecule has 0 heterocycles. The lowest BCUT2D eigenvalue weighted by atomic mass is 10.0. The minimum Gasteiger partial charge on any atom is -0.399 e. The number of nitrogens with one attached hydrogen (secondary N) is 1. The summed E-state index contributed by atoms with van der Waals surface area (Å²) in [4.78, 5) is 10.9. The number of hydrogen-bond acceptors (Lipinski definition) is 2. The summed E-state index contributed by atoms with van der Waals surface area (Å²) in [5, 5.41) is 2.75. The molecule has 2 rings (SSSR count). The maximum absolute atomic E-state index is 10.9. The van der Waals surface area contributed by atoms with Crippen molar-refractivity contribution >= 4 is 17.3 Å². The molecule has 1 amide bonds. The number of nitrogen functional groups attached to an aromatic ring is 1. The molecule has 0 atom stereocenters. The topological polar surface area (TPSA) is 55.1 Å². The smallest absolute Gasteiger partial charge is 0.221 e. The molecule has 0 saturated heterocycles. The molecule has 0 aromatic heterocycles. The summed E-state index contributed by atoms with van der Waals surface area (Å²) in [5.74, 6) is -0.0638. The summed E-state index contributed by atoms with van der Waals surface area (Å²) in [5.41, 5.74) is 10.7. The van der Waals surface area contributed by atoms with Crippen LogP contribution in [0.3, 0.4) is 0 Å². The molecule has 0 radical (unpaired) electrons. The van der Waals surface area contributed by atoms with E-state index in [1.165, 1.54) is 6.92 Å². The van der Waals surface area contributed by atoms with Crippen LogP contribution >= 0.6 is 0 Å². The molecule has 2 aromatic carbocycles. The van der Waals surface area contributed by atoms with E-state index in [0.717, 1.165) is 28.1 Å². The van der Waals surface area contributed by atoms with Crippen molar-refractivity contribution in [2.75, 3.05) is 11.1 Å². The summed E-state index contributed by atoms with van der Waals surface area (Å²) in [7, 11) is 0. The lowest BCUT2D eigenvalue weighted by Gasteiger charge is -2.07. The van der Waals surface area contributed by atoms with Crippen molar-refractivity contribution in [2.45, 2.75) is 13.8 Å². The van der Waals surface area contributed by atoms with E-state index < -0.39 is 0 Å². The number of aryl methyl sites for hydroxylation is 1. The number of benzene rings is 2. The highest BCUT2D eigenvalue weighted by atomic mass is 16.1. The zero-order chi connectivity index (χ0) is 13.1. The van der Waals surface area contributed by atoms with Crippen LogP contribution in [-0.4, -0.2) is 5.91 Å². The Hall–Kier alpha value is -2.29. The molecule has 0 aliphatic rings. The highest BCUT2D eigenvalue weighted by Crippen LogP contribution is 2.24. The van der Waals surface area contributed by atoms with Gasteiger partial charge in [-0.1, -0.05) is 18.2 Å². The molecule has 2 aromatic rings. The minimum atomic E-state index is -0.0638. The van der Waals surface area contributed by atoms with Crippen LogP contribution in [0.2, 0.25) is 0 Å². The third-order valence-electron chi connectivity index (χ3n) is 2.81. The molecule has 0 saturated carbocycles. The van der Waals surface area contributed by atoms with Crippen molar-refractivity contribution in [3.8, 4) is 11.1 Å². The molecule has 18 heavy (non-hydrogen) atoms. The van der Waals surface area contributed by atoms with Gasteiger partial charge >= 0.3 is 0 Å². The highest BCUT2D eigenvalue weighted by Gasteiger charge is 2.01. The van der Waals surface area contributed by atoms with Crippen LogP contribution in [0.15, 0.2) is 42.5 Å². The fraction of sp³-hybridized carbons (Fsp3) is 0.133. The van der Waals surface area contributed by atoms with Crippen LogP contribution in [0.1, 0.15) is 12.5 Å². The molecule has 0 fully saturated rings. The minimum absolute atomic E-state index is 0.0638. The number of nitrogens with two attached hydrogens (primary N) is 1. The van der Waals surface area contributed by atoms with Crippen LogP contribution in [-0.2, 0) is 4.79 Å². The van der Waals surface area contributed by atoms with Crippen molar-refractivity contribution in [2.24, 2.45) is 0 Å². The second kappa shape index (κ2) is 4.92. The molecule has 0 spiro atoms. The van der Waals surface area contributed by atoms with Crippen molar-refractivity contribution < 1.29 is 4.79 Å². The fourth-order valence-corrected chi connectivity index (χ4v) is 1.80. The average Bonchev–Trinajstić information content (AvgIpc) is 2.33. The third-order valence-corrected chi connectivity index (χ3v) is 2.81. The Balaban J connectivity index is 2.28. The fourth-order valence-electron chi connectivity index (χ4n) is 1.80. The lowest BCUT2D eigenvalue weighted by molar-refractivity contribution is -0.114. The van der Waals surface area contributed by atoms with E-state index in [-0.39, 0.29) is 5.91 Å². The van der Waals surface area contributed by atoms with Crippen molar-refractivity contribution in [3.63, 3.8) is 0 Å². The van der Waals surface area contributed by atoms with Gasteiger partial charge in [-0.25, -0.2) is 0 Å². The zero-order valence-corrected chi connectivity index (χ0v) is 10.5. The van der Waals surface area contributed by atoms with E-state index >= 15 is 0 Å². The number of carbonyl (C=O) groups is 1. The first kappa shape index (κ1) is 12.2. The van der Waals surface area contributed by atoms with Gasteiger partial charge in [0.25, 0.3) is 0 Å². The van der Waals surface area contributed by atoms with Crippen molar-refractivity contribution in [1.82, 2.24) is 0 Å². The Kier molecular flexibility index (Phi) is 3.33. The first-order chi connectivity index (χ1) is 8.56. The maximum Gasteiger partial charge on any atom is 0.221 e. The quantitative estimate of drug-likeness (QED) is 0.792. The average molecular weight is 240 g/mol. The van der Waals surface area contributed by atoms with Crippen LogP contribution in [0.4, 0.5) is 11.4 Å². The Bertz CT molecular complexity index is 574. The van der Waals surface area contributed by atoms with Gasteiger partial charge in [0.2, 0.25) is 5.91 Å². The largest absolute Gasteiger partial charge is 0.399 e. The summed E-state index contributed by atoms with van der Waals surface area (Å²) >= 11 is 0. The van der Waals surface area contributed by atoms with Crippen molar-refractivity contribution in [3.05, 3.63) is 48.0 Å². The van der Waals surface area contributed by atoms with E-state index in [4.69, 9.17) is 5.73 Å². The standard InChI is InChI=1S/C15H16N2O/c1-10-9-13(5-8-15(10)16)12-3-6-14(7-4-12)17-11(2)18/h3-9H,16H2,1-2H3,(H,17,18). The van der Waals surface area contributed by atoms with Crippen molar-refractivity contribution in [1.29, 1.82) is 0 Å². The third kappa shape index (κ3) is 2.69. The zero-order valence-electron chi connectivity index (χ0n) is 10.5. The molecular formula is C15H16N2O. The molecule has 3 N–H and O–H groups in total. The van der Waals surface area contributed by atoms with Gasteiger partial charge in [-0.3, -0.25) is 4.79 Å². The number of carbonyl (C=O) groups excluding carboxylic acids is 1. The van der Waals surface area contributed by atoms with E-state index in [9.17, 15) is 4.79 Å². The molecule has 0 unspecified atom stereocenters. The molecule has 0 aliphatic carbocycles. The second-order valence-electron chi connectivity index (χ2n) is 4.33. The Morgan fingerprint density at radius 1 is 1.06 bits per heavy atom. The van der Waals surface area contributed by atoms with E-state index in [1.54, 1.807) is 0 Å². The molecule has 3 nitrogen and oxygen atoms in total. The summed E-state index contributed by atoms with van der Waals surface area (Å²) in [6.45, 7) is 3.49. The predicted octanol–water partition coefficient (Wildman–Crippen LogP) is 3.20. The normalized spacial score (nSPS) is 10.1. The summed E-state index contributed by atoms with van der Waals surface area (Å²) in [6.07, 6.45) is 0. The molecule has 0 aliphatic heterocycles. The van der Waals surface area contributed by atoms with Crippen LogP contribution in [0.5, 0.6) is 0 Å². The first-order valence-corrected chi connectivity index (χ1v) is 5.80. The lowest BCUT2D eigenvalue weighted by Crippen LogP contribution is -2.05. The van der Waals surface area contributed by atoms with Gasteiger partial charge in [0.15, 0.2) is 0 Å². The summed E-state index contributed by atoms with van der Waals surface area (Å²) in [6, 6.07) is 13.7. The van der Waals surface area contributed by atoms with Crippen LogP contribution in [0.25, 0.3) is 11.1 Å². The van der Waals surface area contributed by atoms with Crippen LogP contribution in [0, 0.1) is 6.92 Å². The molecule has 0 bridgehead atoms. The predicted molar refractivity (Wildman–Crippen MR) is 75.3 cm³/mol. The number of hydrogen-bond donors (Lipinski definition) is 2. The Morgan fingerprint density at radius 3 is 2.22 bits per heavy atom. The maximum atomic E-state index is 10.9. The SMILES string of the molecule is CC(=O)Nc1ccc(-c2ccc(N)c(C)c2)cc1. The molecule has 3 heteroatoms. The first-order valence-electron chi connectivity index (χ1n) is 5.80. The van der Waals surface area contributed by atoms with Crippen LogP contribution < -0.4 is 11.1 Å². The molecule has 92 valence electrons. The van der Waals surface area contributed by atoms with Gasteiger partial charge in [-0.15, -0.1) is 0 Å². The number of amides is 1. The van der Waals surface area contributed by atoms with Gasteiger partial charge in [0.05, 0.1) is 0 Å². The van der Waals surface area contributed by atoms with E-state index in [0.29, 0.717) is 0 Å².